The quantitative estimate of drug-likeness (QED) is 0.826. The van der Waals surface area contributed by atoms with Crippen LogP contribution in [0.2, 0.25) is 0 Å². The molecular weight excluding hydrogens is 214 g/mol. The molecule has 4 nitrogen and oxygen atoms in total. The van der Waals surface area contributed by atoms with Crippen LogP contribution in [0, 0.1) is 11.8 Å². The molecule has 4 heteroatoms. The summed E-state index contributed by atoms with van der Waals surface area (Å²) in [5.41, 5.74) is 7.00. The first-order valence-corrected chi connectivity index (χ1v) is 6.14. The fraction of sp³-hybridized carbons (Fsp3) is 0.692. The van der Waals surface area contributed by atoms with Crippen molar-refractivity contribution in [3.05, 3.63) is 18.1 Å². The second-order valence-electron chi connectivity index (χ2n) is 5.06. The lowest BCUT2D eigenvalue weighted by atomic mass is 9.92. The zero-order valence-electron chi connectivity index (χ0n) is 11.2. The van der Waals surface area contributed by atoms with Crippen LogP contribution in [0.4, 0.5) is 0 Å². The van der Waals surface area contributed by atoms with Gasteiger partial charge in [-0.05, 0) is 24.7 Å². The smallest absolute Gasteiger partial charge is 0.216 e. The second kappa shape index (κ2) is 6.55. The number of nitrogens with zero attached hydrogens (tertiary/aromatic N) is 2. The minimum absolute atomic E-state index is 0.0411. The van der Waals surface area contributed by atoms with Gasteiger partial charge in [0, 0.05) is 12.1 Å². The van der Waals surface area contributed by atoms with Gasteiger partial charge in [-0.15, -0.1) is 0 Å². The van der Waals surface area contributed by atoms with Crippen molar-refractivity contribution < 1.29 is 4.74 Å². The minimum Gasteiger partial charge on any atom is -0.481 e. The molecule has 17 heavy (non-hydrogen) atoms. The van der Waals surface area contributed by atoms with Crippen LogP contribution < -0.4 is 10.5 Å². The number of nitrogens with two attached hydrogens (primary N) is 1. The van der Waals surface area contributed by atoms with Crippen LogP contribution in [0.3, 0.4) is 0 Å². The molecule has 2 N–H and O–H groups in total. The highest BCUT2D eigenvalue weighted by molar-refractivity contribution is 5.16. The number of ether oxygens (including phenoxy) is 1. The van der Waals surface area contributed by atoms with Gasteiger partial charge in [0.1, 0.15) is 6.33 Å². The summed E-state index contributed by atoms with van der Waals surface area (Å²) in [6.45, 7) is 6.70. The summed E-state index contributed by atoms with van der Waals surface area (Å²) >= 11 is 0. The topological polar surface area (TPSA) is 61.0 Å². The van der Waals surface area contributed by atoms with Crippen LogP contribution in [0.5, 0.6) is 5.88 Å². The molecule has 0 spiro atoms. The summed E-state index contributed by atoms with van der Waals surface area (Å²) in [6.07, 6.45) is 3.63. The van der Waals surface area contributed by atoms with Crippen LogP contribution in [-0.4, -0.2) is 17.1 Å². The predicted octanol–water partition coefficient (Wildman–Crippen LogP) is 2.56. The zero-order chi connectivity index (χ0) is 12.8. The van der Waals surface area contributed by atoms with E-state index in [0.29, 0.717) is 17.7 Å². The summed E-state index contributed by atoms with van der Waals surface area (Å²) < 4.78 is 5.07. The Hall–Kier alpha value is -1.16. The lowest BCUT2D eigenvalue weighted by Gasteiger charge is -2.18. The molecule has 0 fully saturated rings. The van der Waals surface area contributed by atoms with E-state index in [2.05, 4.69) is 30.7 Å². The number of hydrogen-bond donors (Lipinski definition) is 1. The van der Waals surface area contributed by atoms with Crippen LogP contribution in [-0.2, 0) is 0 Å². The van der Waals surface area contributed by atoms with E-state index in [1.54, 1.807) is 7.11 Å². The van der Waals surface area contributed by atoms with E-state index in [1.807, 2.05) is 6.07 Å². The van der Waals surface area contributed by atoms with Gasteiger partial charge >= 0.3 is 0 Å². The van der Waals surface area contributed by atoms with Crippen molar-refractivity contribution in [3.63, 3.8) is 0 Å². The van der Waals surface area contributed by atoms with Gasteiger partial charge in [0.25, 0.3) is 0 Å². The summed E-state index contributed by atoms with van der Waals surface area (Å²) in [5, 5.41) is 0. The Labute approximate surface area is 104 Å². The summed E-state index contributed by atoms with van der Waals surface area (Å²) in [7, 11) is 1.60. The summed E-state index contributed by atoms with van der Waals surface area (Å²) in [6, 6.07) is 1.77. The van der Waals surface area contributed by atoms with Gasteiger partial charge in [-0.25, -0.2) is 9.97 Å². The Morgan fingerprint density at radius 2 is 1.94 bits per heavy atom. The van der Waals surface area contributed by atoms with Crippen LogP contribution in [0.15, 0.2) is 12.4 Å². The molecule has 1 heterocycles. The normalized spacial score (nSPS) is 14.7. The minimum atomic E-state index is -0.0411. The van der Waals surface area contributed by atoms with E-state index in [0.717, 1.165) is 12.1 Å². The van der Waals surface area contributed by atoms with Crippen LogP contribution in [0.25, 0.3) is 0 Å². The van der Waals surface area contributed by atoms with Crippen molar-refractivity contribution in [3.8, 4) is 5.88 Å². The summed E-state index contributed by atoms with van der Waals surface area (Å²) in [5.74, 6) is 1.88. The molecule has 1 aromatic rings. The standard InChI is InChI=1S/C13H23N3O/c1-9(2)5-10(3)6-11(14)12-7-13(17-4)16-8-15-12/h7-11H,5-6,14H2,1-4H3. The van der Waals surface area contributed by atoms with Gasteiger partial charge in [-0.2, -0.15) is 0 Å². The third-order valence-electron chi connectivity index (χ3n) is 2.78. The number of rotatable bonds is 6. The Morgan fingerprint density at radius 1 is 1.24 bits per heavy atom. The van der Waals surface area contributed by atoms with E-state index in [4.69, 9.17) is 10.5 Å². The van der Waals surface area contributed by atoms with Gasteiger partial charge in [-0.3, -0.25) is 0 Å². The molecule has 0 aliphatic rings. The van der Waals surface area contributed by atoms with Gasteiger partial charge in [0.2, 0.25) is 5.88 Å². The molecule has 1 aromatic heterocycles. The highest BCUT2D eigenvalue weighted by atomic mass is 16.5. The average molecular weight is 237 g/mol. The van der Waals surface area contributed by atoms with Crippen molar-refractivity contribution in [2.24, 2.45) is 17.6 Å². The molecule has 2 unspecified atom stereocenters. The average Bonchev–Trinajstić information content (AvgIpc) is 2.27. The highest BCUT2D eigenvalue weighted by Gasteiger charge is 2.14. The van der Waals surface area contributed by atoms with Gasteiger partial charge in [0.05, 0.1) is 12.8 Å². The van der Waals surface area contributed by atoms with E-state index >= 15 is 0 Å². The highest BCUT2D eigenvalue weighted by Crippen LogP contribution is 2.23. The molecule has 0 aliphatic carbocycles. The van der Waals surface area contributed by atoms with Gasteiger partial charge in [0.15, 0.2) is 0 Å². The van der Waals surface area contributed by atoms with Crippen LogP contribution in [0.1, 0.15) is 45.3 Å². The SMILES string of the molecule is COc1cc(C(N)CC(C)CC(C)C)ncn1. The number of aromatic nitrogens is 2. The molecule has 0 amide bonds. The zero-order valence-corrected chi connectivity index (χ0v) is 11.2. The third-order valence-corrected chi connectivity index (χ3v) is 2.78. The Balaban J connectivity index is 2.59. The van der Waals surface area contributed by atoms with Gasteiger partial charge < -0.3 is 10.5 Å². The largest absolute Gasteiger partial charge is 0.481 e. The monoisotopic (exact) mass is 237 g/mol. The van der Waals surface area contributed by atoms with Crippen molar-refractivity contribution in [2.75, 3.05) is 7.11 Å². The lowest BCUT2D eigenvalue weighted by molar-refractivity contribution is 0.378. The maximum atomic E-state index is 6.15. The molecular formula is C13H23N3O. The van der Waals surface area contributed by atoms with Crippen molar-refractivity contribution in [1.82, 2.24) is 9.97 Å². The maximum absolute atomic E-state index is 6.15. The number of methoxy groups -OCH3 is 1. The van der Waals surface area contributed by atoms with Crippen molar-refractivity contribution in [2.45, 2.75) is 39.7 Å². The molecule has 0 saturated carbocycles. The Kier molecular flexibility index (Phi) is 5.35. The first kappa shape index (κ1) is 13.9. The van der Waals surface area contributed by atoms with Crippen molar-refractivity contribution in [1.29, 1.82) is 0 Å². The number of hydrogen-bond acceptors (Lipinski definition) is 4. The van der Waals surface area contributed by atoms with E-state index in [9.17, 15) is 0 Å². The first-order chi connectivity index (χ1) is 8.02. The fourth-order valence-corrected chi connectivity index (χ4v) is 2.12. The molecule has 0 aliphatic heterocycles. The lowest BCUT2D eigenvalue weighted by Crippen LogP contribution is -2.16. The molecule has 2 atom stereocenters. The predicted molar refractivity (Wildman–Crippen MR) is 68.7 cm³/mol. The van der Waals surface area contributed by atoms with E-state index in [1.165, 1.54) is 12.7 Å². The Morgan fingerprint density at radius 3 is 2.53 bits per heavy atom. The Bertz CT molecular complexity index is 341. The molecule has 96 valence electrons. The van der Waals surface area contributed by atoms with Crippen molar-refractivity contribution >= 4 is 0 Å². The fourth-order valence-electron chi connectivity index (χ4n) is 2.12. The maximum Gasteiger partial charge on any atom is 0.216 e. The molecule has 0 radical (unpaired) electrons. The third kappa shape index (κ3) is 4.69. The first-order valence-electron chi connectivity index (χ1n) is 6.14. The van der Waals surface area contributed by atoms with E-state index < -0.39 is 0 Å². The molecule has 0 saturated heterocycles. The van der Waals surface area contributed by atoms with Crippen LogP contribution >= 0.6 is 0 Å². The van der Waals surface area contributed by atoms with Gasteiger partial charge in [-0.1, -0.05) is 20.8 Å². The second-order valence-corrected chi connectivity index (χ2v) is 5.06. The summed E-state index contributed by atoms with van der Waals surface area (Å²) in [4.78, 5) is 8.18. The molecule has 0 aromatic carbocycles. The molecule has 1 rings (SSSR count). The molecule has 0 bridgehead atoms. The van der Waals surface area contributed by atoms with E-state index in [-0.39, 0.29) is 6.04 Å².